The molecule has 0 aliphatic carbocycles. The van der Waals surface area contributed by atoms with E-state index in [1.165, 1.54) is 0 Å². The number of ether oxygens (including phenoxy) is 2. The van der Waals surface area contributed by atoms with E-state index in [1.54, 1.807) is 55.8 Å². The number of allylic oxidation sites excluding steroid dienone is 1. The Morgan fingerprint density at radius 1 is 0.806 bits per heavy atom. The van der Waals surface area contributed by atoms with Crippen molar-refractivity contribution in [2.24, 2.45) is 0 Å². The third-order valence-electron chi connectivity index (χ3n) is 4.25. The van der Waals surface area contributed by atoms with Crippen LogP contribution in [0.1, 0.15) is 33.1 Å². The summed E-state index contributed by atoms with van der Waals surface area (Å²) in [7, 11) is 4.61. The first-order valence-corrected chi connectivity index (χ1v) is 14.0. The maximum Gasteiger partial charge on any atom is 0.500 e. The molecule has 9 nitrogen and oxygen atoms in total. The summed E-state index contributed by atoms with van der Waals surface area (Å²) in [5.74, 6) is -0.375. The van der Waals surface area contributed by atoms with Crippen LogP contribution in [0.2, 0.25) is 12.1 Å². The lowest BCUT2D eigenvalue weighted by Crippen LogP contribution is -2.42. The van der Waals surface area contributed by atoms with Gasteiger partial charge in [0.15, 0.2) is 0 Å². The zero-order valence-corrected chi connectivity index (χ0v) is 22.5. The number of hydrogen-bond donors (Lipinski definition) is 0. The molecule has 0 atom stereocenters. The van der Waals surface area contributed by atoms with Crippen LogP contribution in [0.15, 0.2) is 24.5 Å². The van der Waals surface area contributed by atoms with Gasteiger partial charge in [-0.1, -0.05) is 19.6 Å². The number of esters is 1. The van der Waals surface area contributed by atoms with Gasteiger partial charge in [-0.2, -0.15) is 0 Å². The summed E-state index contributed by atoms with van der Waals surface area (Å²) in [5.41, 5.74) is 0.397. The van der Waals surface area contributed by atoms with Gasteiger partial charge in [0, 0.05) is 60.3 Å². The lowest BCUT2D eigenvalue weighted by molar-refractivity contribution is -0.139. The normalized spacial score (nSPS) is 11.7. The topological polar surface area (TPSA) is 90.9 Å². The van der Waals surface area contributed by atoms with Crippen LogP contribution in [-0.2, 0) is 40.8 Å². The molecule has 0 aromatic heterocycles. The van der Waals surface area contributed by atoms with Crippen LogP contribution in [0.25, 0.3) is 0 Å². The van der Waals surface area contributed by atoms with Crippen LogP contribution in [0.5, 0.6) is 0 Å². The molecule has 0 saturated heterocycles. The summed E-state index contributed by atoms with van der Waals surface area (Å²) >= 11 is 0. The Morgan fingerprint density at radius 2 is 1.23 bits per heavy atom. The average Bonchev–Trinajstić information content (AvgIpc) is 2.80. The Kier molecular flexibility index (Phi) is 20.3. The minimum Gasteiger partial charge on any atom is -0.502 e. The highest BCUT2D eigenvalue weighted by Gasteiger charge is 2.37. The quantitative estimate of drug-likeness (QED) is 0.101. The van der Waals surface area contributed by atoms with Crippen LogP contribution in [-0.4, -0.2) is 79.5 Å². The van der Waals surface area contributed by atoms with E-state index in [0.29, 0.717) is 31.3 Å². The minimum absolute atomic E-state index is 0.316. The molecule has 184 valence electrons. The van der Waals surface area contributed by atoms with E-state index in [4.69, 9.17) is 36.0 Å². The Morgan fingerprint density at radius 3 is 1.58 bits per heavy atom. The summed E-state index contributed by atoms with van der Waals surface area (Å²) in [4.78, 5) is 11.1. The van der Waals surface area contributed by atoms with Gasteiger partial charge >= 0.3 is 23.6 Å². The van der Waals surface area contributed by atoms with Crippen LogP contribution in [0.3, 0.4) is 0 Å². The lowest BCUT2D eigenvalue weighted by Gasteiger charge is -2.24. The van der Waals surface area contributed by atoms with Crippen molar-refractivity contribution < 1.29 is 40.8 Å². The maximum absolute atomic E-state index is 11.1. The number of carbonyl (C=O) groups excluding carboxylic acids is 1. The predicted molar refractivity (Wildman–Crippen MR) is 124 cm³/mol. The molecule has 0 radical (unpaired) electrons. The van der Waals surface area contributed by atoms with Crippen LogP contribution < -0.4 is 0 Å². The van der Waals surface area contributed by atoms with E-state index in [0.717, 1.165) is 18.9 Å². The highest BCUT2D eigenvalue weighted by molar-refractivity contribution is 6.60. The van der Waals surface area contributed by atoms with Gasteiger partial charge in [-0.25, -0.2) is 4.79 Å². The van der Waals surface area contributed by atoms with Crippen molar-refractivity contribution in [3.63, 3.8) is 0 Å². The first kappa shape index (κ1) is 32.1. The molecule has 0 unspecified atom stereocenters. The van der Waals surface area contributed by atoms with Gasteiger partial charge in [-0.15, -0.1) is 0 Å². The van der Waals surface area contributed by atoms with Gasteiger partial charge in [0.1, 0.15) is 0 Å². The fourth-order valence-electron chi connectivity index (χ4n) is 2.29. The molecular weight excluding hydrogens is 440 g/mol. The van der Waals surface area contributed by atoms with Crippen molar-refractivity contribution >= 4 is 23.6 Å². The molecule has 31 heavy (non-hydrogen) atoms. The van der Waals surface area contributed by atoms with E-state index in [9.17, 15) is 4.79 Å². The number of hydrogen-bond acceptors (Lipinski definition) is 9. The number of rotatable bonds is 17. The third kappa shape index (κ3) is 14.6. The van der Waals surface area contributed by atoms with Gasteiger partial charge in [0.05, 0.1) is 19.5 Å². The summed E-state index contributed by atoms with van der Waals surface area (Å²) in [6.07, 6.45) is 6.22. The van der Waals surface area contributed by atoms with E-state index < -0.39 is 17.6 Å². The minimum atomic E-state index is -2.53. The second-order valence-corrected chi connectivity index (χ2v) is 12.5. The van der Waals surface area contributed by atoms with Gasteiger partial charge < -0.3 is 36.0 Å². The summed E-state index contributed by atoms with van der Waals surface area (Å²) < 4.78 is 41.8. The zero-order chi connectivity index (χ0) is 24.2. The largest absolute Gasteiger partial charge is 0.502 e. The standard InChI is InChI=1S/C10H20O5Si.C10H22O4Si/c1-9(2)10(11)15-7-6-8-16(12-3,13-4)14-5;1-5-6-8-14-9-7-10-15(11-2,12-3)13-4/h1,6-8H2,2-5H3;6,8H,5,7,9-10H2,1-4H3. The fourth-order valence-corrected chi connectivity index (χ4v) is 5.67. The molecule has 0 rings (SSSR count). The van der Waals surface area contributed by atoms with Gasteiger partial charge in [0.2, 0.25) is 0 Å². The van der Waals surface area contributed by atoms with Crippen LogP contribution >= 0.6 is 0 Å². The highest BCUT2D eigenvalue weighted by atomic mass is 28.4. The van der Waals surface area contributed by atoms with E-state index >= 15 is 0 Å². The first-order chi connectivity index (χ1) is 14.8. The Bertz CT molecular complexity index is 477. The molecule has 0 N–H and O–H groups in total. The summed E-state index contributed by atoms with van der Waals surface area (Å²) in [6.45, 7) is 8.16. The summed E-state index contributed by atoms with van der Waals surface area (Å²) in [5, 5.41) is 0. The van der Waals surface area contributed by atoms with Crippen LogP contribution in [0.4, 0.5) is 0 Å². The van der Waals surface area contributed by atoms with E-state index in [-0.39, 0.29) is 5.97 Å². The molecule has 0 heterocycles. The Hall–Kier alpha value is -1.06. The first-order valence-electron chi connectivity index (χ1n) is 10.2. The smallest absolute Gasteiger partial charge is 0.500 e. The molecule has 0 aromatic carbocycles. The molecule has 0 amide bonds. The van der Waals surface area contributed by atoms with Crippen LogP contribution in [0, 0.1) is 0 Å². The third-order valence-corrected chi connectivity index (χ3v) is 9.91. The fraction of sp³-hybridized carbons (Fsp3) is 0.750. The van der Waals surface area contributed by atoms with Crippen molar-refractivity contribution in [3.8, 4) is 0 Å². The zero-order valence-electron chi connectivity index (χ0n) is 20.5. The van der Waals surface area contributed by atoms with Crippen molar-refractivity contribution in [3.05, 3.63) is 24.5 Å². The number of carbonyl (C=O) groups is 1. The Balaban J connectivity index is 0. The lowest BCUT2D eigenvalue weighted by atomic mass is 10.4. The maximum atomic E-state index is 11.1. The second-order valence-electron chi connectivity index (χ2n) is 6.36. The second kappa shape index (κ2) is 19.6. The van der Waals surface area contributed by atoms with Crippen molar-refractivity contribution in [2.75, 3.05) is 55.9 Å². The highest BCUT2D eigenvalue weighted by Crippen LogP contribution is 2.15. The van der Waals surface area contributed by atoms with E-state index in [1.807, 2.05) is 6.08 Å². The van der Waals surface area contributed by atoms with Gasteiger partial charge in [0.25, 0.3) is 0 Å². The molecule has 0 bridgehead atoms. The average molecular weight is 483 g/mol. The molecule has 11 heteroatoms. The van der Waals surface area contributed by atoms with Crippen molar-refractivity contribution in [1.29, 1.82) is 0 Å². The van der Waals surface area contributed by atoms with Gasteiger partial charge in [-0.3, -0.25) is 0 Å². The predicted octanol–water partition coefficient (Wildman–Crippen LogP) is 3.57. The molecule has 0 aromatic rings. The van der Waals surface area contributed by atoms with E-state index in [2.05, 4.69) is 13.5 Å². The molecule has 0 saturated carbocycles. The molecular formula is C20H42O9Si2. The molecule has 0 aliphatic heterocycles. The van der Waals surface area contributed by atoms with Crippen molar-refractivity contribution in [1.82, 2.24) is 0 Å². The Labute approximate surface area is 190 Å². The van der Waals surface area contributed by atoms with Gasteiger partial charge in [-0.05, 0) is 26.2 Å². The van der Waals surface area contributed by atoms with Crippen molar-refractivity contribution in [2.45, 2.75) is 45.2 Å². The monoisotopic (exact) mass is 482 g/mol. The molecule has 0 fully saturated rings. The summed E-state index contributed by atoms with van der Waals surface area (Å²) in [6, 6.07) is 1.39. The molecule has 0 aliphatic rings. The SMILES string of the molecule is C=C(C)C(=O)OCCC[Si](OC)(OC)OC.CCC=COCCC[Si](OC)(OC)OC. The molecule has 0 spiro atoms.